The van der Waals surface area contributed by atoms with E-state index in [2.05, 4.69) is 15.6 Å². The summed E-state index contributed by atoms with van der Waals surface area (Å²) in [7, 11) is -1.39. The molecule has 0 spiro atoms. The minimum Gasteiger partial charge on any atom is -0.489 e. The molecule has 1 heterocycles. The molecule has 1 atom stereocenters. The van der Waals surface area contributed by atoms with Gasteiger partial charge in [-0.05, 0) is 49.9 Å². The van der Waals surface area contributed by atoms with Crippen LogP contribution >= 0.6 is 0 Å². The van der Waals surface area contributed by atoms with Gasteiger partial charge in [0.05, 0.1) is 12.8 Å². The van der Waals surface area contributed by atoms with Crippen molar-refractivity contribution in [2.24, 2.45) is 10.9 Å². The Balaban J connectivity index is 1.69. The highest BCUT2D eigenvalue weighted by atomic mass is 32.2. The third kappa shape index (κ3) is 7.34. The topological polar surface area (TPSA) is 83.0 Å². The smallest absolute Gasteiger partial charge is 0.211 e. The van der Waals surface area contributed by atoms with Crippen molar-refractivity contribution in [2.75, 3.05) is 39.5 Å². The number of halogens is 1. The molecule has 9 heteroatoms. The zero-order valence-corrected chi connectivity index (χ0v) is 16.9. The molecule has 2 N–H and O–H groups in total. The minimum absolute atomic E-state index is 0.119. The van der Waals surface area contributed by atoms with E-state index in [0.29, 0.717) is 37.3 Å². The standard InChI is InChI=1S/C18H29FN4O3S/c1-14(26-17-6-4-16(19)5-7-17)12-21-18(20-2)22-13-15-8-10-23(11-9-15)27(3,24)25/h4-7,14-15H,8-13H2,1-3H3,(H2,20,21,22). The zero-order valence-electron chi connectivity index (χ0n) is 16.1. The van der Waals surface area contributed by atoms with Crippen molar-refractivity contribution in [3.8, 4) is 5.75 Å². The Hall–Kier alpha value is -1.87. The summed E-state index contributed by atoms with van der Waals surface area (Å²) in [6.45, 7) is 4.35. The van der Waals surface area contributed by atoms with Crippen LogP contribution in [0.1, 0.15) is 19.8 Å². The minimum atomic E-state index is -3.09. The van der Waals surface area contributed by atoms with Crippen molar-refractivity contribution in [3.63, 3.8) is 0 Å². The number of hydrogen-bond donors (Lipinski definition) is 2. The number of benzene rings is 1. The molecule has 1 unspecified atom stereocenters. The Morgan fingerprint density at radius 3 is 2.48 bits per heavy atom. The van der Waals surface area contributed by atoms with E-state index in [0.717, 1.165) is 19.4 Å². The Labute approximate surface area is 161 Å². The molecule has 27 heavy (non-hydrogen) atoms. The van der Waals surface area contributed by atoms with Crippen LogP contribution in [0.2, 0.25) is 0 Å². The number of piperidine rings is 1. The molecule has 0 aliphatic carbocycles. The zero-order chi connectivity index (χ0) is 19.9. The normalized spacial score (nSPS) is 18.1. The van der Waals surface area contributed by atoms with Crippen molar-refractivity contribution < 1.29 is 17.5 Å². The number of guanidine groups is 1. The Morgan fingerprint density at radius 1 is 1.30 bits per heavy atom. The molecule has 0 amide bonds. The van der Waals surface area contributed by atoms with E-state index in [4.69, 9.17) is 4.74 Å². The summed E-state index contributed by atoms with van der Waals surface area (Å²) in [5.41, 5.74) is 0. The fourth-order valence-electron chi connectivity index (χ4n) is 2.93. The SMILES string of the molecule is CN=C(NCC1CCN(S(C)(=O)=O)CC1)NCC(C)Oc1ccc(F)cc1. The summed E-state index contributed by atoms with van der Waals surface area (Å²) in [5, 5.41) is 6.49. The van der Waals surface area contributed by atoms with Crippen LogP contribution in [0, 0.1) is 11.7 Å². The second kappa shape index (κ2) is 9.89. The lowest BCUT2D eigenvalue weighted by Crippen LogP contribution is -2.45. The highest BCUT2D eigenvalue weighted by molar-refractivity contribution is 7.88. The average molecular weight is 401 g/mol. The van der Waals surface area contributed by atoms with Gasteiger partial charge in [-0.3, -0.25) is 4.99 Å². The molecule has 1 aliphatic heterocycles. The highest BCUT2D eigenvalue weighted by Crippen LogP contribution is 2.18. The van der Waals surface area contributed by atoms with Gasteiger partial charge < -0.3 is 15.4 Å². The molecular weight excluding hydrogens is 371 g/mol. The van der Waals surface area contributed by atoms with Gasteiger partial charge in [-0.1, -0.05) is 0 Å². The molecule has 152 valence electrons. The summed E-state index contributed by atoms with van der Waals surface area (Å²) >= 11 is 0. The van der Waals surface area contributed by atoms with E-state index in [1.165, 1.54) is 22.7 Å². The van der Waals surface area contributed by atoms with Gasteiger partial charge in [-0.2, -0.15) is 0 Å². The molecule has 7 nitrogen and oxygen atoms in total. The number of rotatable bonds is 7. The predicted octanol–water partition coefficient (Wildman–Crippen LogP) is 1.43. The van der Waals surface area contributed by atoms with Crippen LogP contribution in [-0.2, 0) is 10.0 Å². The van der Waals surface area contributed by atoms with Crippen LogP contribution in [0.4, 0.5) is 4.39 Å². The van der Waals surface area contributed by atoms with E-state index in [-0.39, 0.29) is 11.9 Å². The van der Waals surface area contributed by atoms with Crippen LogP contribution in [0.25, 0.3) is 0 Å². The maximum absolute atomic E-state index is 12.9. The van der Waals surface area contributed by atoms with E-state index < -0.39 is 10.0 Å². The van der Waals surface area contributed by atoms with Crippen LogP contribution < -0.4 is 15.4 Å². The predicted molar refractivity (Wildman–Crippen MR) is 105 cm³/mol. The first-order valence-corrected chi connectivity index (χ1v) is 10.9. The van der Waals surface area contributed by atoms with Crippen LogP contribution in [0.5, 0.6) is 5.75 Å². The summed E-state index contributed by atoms with van der Waals surface area (Å²) < 4.78 is 43.3. The molecule has 0 radical (unpaired) electrons. The number of nitrogens with zero attached hydrogens (tertiary/aromatic N) is 2. The van der Waals surface area contributed by atoms with Crippen LogP contribution in [0.3, 0.4) is 0 Å². The lowest BCUT2D eigenvalue weighted by atomic mass is 9.98. The molecule has 0 saturated carbocycles. The summed E-state index contributed by atoms with van der Waals surface area (Å²) in [5.74, 6) is 1.41. The molecule has 2 rings (SSSR count). The molecule has 1 aromatic carbocycles. The third-order valence-corrected chi connectivity index (χ3v) is 5.84. The first-order chi connectivity index (χ1) is 12.8. The number of hydrogen-bond acceptors (Lipinski definition) is 4. The fraction of sp³-hybridized carbons (Fsp3) is 0.611. The van der Waals surface area contributed by atoms with Crippen LogP contribution in [0.15, 0.2) is 29.3 Å². The third-order valence-electron chi connectivity index (χ3n) is 4.53. The van der Waals surface area contributed by atoms with E-state index in [1.807, 2.05) is 6.92 Å². The molecular formula is C18H29FN4O3S. The van der Waals surface area contributed by atoms with Crippen molar-refractivity contribution in [2.45, 2.75) is 25.9 Å². The van der Waals surface area contributed by atoms with Gasteiger partial charge >= 0.3 is 0 Å². The van der Waals surface area contributed by atoms with Crippen LogP contribution in [-0.4, -0.2) is 64.3 Å². The molecule has 1 saturated heterocycles. The van der Waals surface area contributed by atoms with Gasteiger partial charge in [-0.25, -0.2) is 17.1 Å². The quantitative estimate of drug-likeness (QED) is 0.534. The highest BCUT2D eigenvalue weighted by Gasteiger charge is 2.24. The number of ether oxygens (including phenoxy) is 1. The molecule has 0 bridgehead atoms. The van der Waals surface area contributed by atoms with Crippen molar-refractivity contribution in [3.05, 3.63) is 30.1 Å². The number of sulfonamides is 1. The Bertz CT molecular complexity index is 717. The Kier molecular flexibility index (Phi) is 7.85. The summed E-state index contributed by atoms with van der Waals surface area (Å²) in [6, 6.07) is 5.93. The van der Waals surface area contributed by atoms with Gasteiger partial charge in [0.2, 0.25) is 10.0 Å². The van der Waals surface area contributed by atoms with Gasteiger partial charge in [0, 0.05) is 26.7 Å². The maximum Gasteiger partial charge on any atom is 0.211 e. The molecule has 1 aromatic rings. The second-order valence-electron chi connectivity index (χ2n) is 6.82. The van der Waals surface area contributed by atoms with Gasteiger partial charge in [0.25, 0.3) is 0 Å². The van der Waals surface area contributed by atoms with Gasteiger partial charge in [-0.15, -0.1) is 0 Å². The first kappa shape index (κ1) is 21.4. The van der Waals surface area contributed by atoms with Crippen molar-refractivity contribution in [1.82, 2.24) is 14.9 Å². The summed E-state index contributed by atoms with van der Waals surface area (Å²) in [6.07, 6.45) is 2.81. The first-order valence-electron chi connectivity index (χ1n) is 9.10. The van der Waals surface area contributed by atoms with Gasteiger partial charge in [0.15, 0.2) is 5.96 Å². The largest absolute Gasteiger partial charge is 0.489 e. The fourth-order valence-corrected chi connectivity index (χ4v) is 3.81. The second-order valence-corrected chi connectivity index (χ2v) is 8.80. The lowest BCUT2D eigenvalue weighted by Gasteiger charge is -2.30. The average Bonchev–Trinajstić information content (AvgIpc) is 2.63. The monoisotopic (exact) mass is 400 g/mol. The molecule has 1 fully saturated rings. The van der Waals surface area contributed by atoms with E-state index in [1.54, 1.807) is 19.2 Å². The van der Waals surface area contributed by atoms with Crippen molar-refractivity contribution >= 4 is 16.0 Å². The Morgan fingerprint density at radius 2 is 1.93 bits per heavy atom. The number of aliphatic imine (C=N–C) groups is 1. The van der Waals surface area contributed by atoms with E-state index >= 15 is 0 Å². The number of nitrogens with one attached hydrogen (secondary N) is 2. The molecule has 0 aromatic heterocycles. The van der Waals surface area contributed by atoms with E-state index in [9.17, 15) is 12.8 Å². The van der Waals surface area contributed by atoms with Crippen molar-refractivity contribution in [1.29, 1.82) is 0 Å². The van der Waals surface area contributed by atoms with Gasteiger partial charge in [0.1, 0.15) is 17.7 Å². The molecule has 1 aliphatic rings. The summed E-state index contributed by atoms with van der Waals surface area (Å²) in [4.78, 5) is 4.20. The lowest BCUT2D eigenvalue weighted by molar-refractivity contribution is 0.223. The maximum atomic E-state index is 12.9.